The first-order chi connectivity index (χ1) is 5.63. The van der Waals surface area contributed by atoms with Crippen LogP contribution >= 0.6 is 11.8 Å². The van der Waals surface area contributed by atoms with Gasteiger partial charge in [-0.15, -0.1) is 0 Å². The maximum absolute atomic E-state index is 11.2. The van der Waals surface area contributed by atoms with Crippen LogP contribution in [0, 0.1) is 0 Å². The van der Waals surface area contributed by atoms with Gasteiger partial charge in [0.05, 0.1) is 12.0 Å². The van der Waals surface area contributed by atoms with Crippen molar-refractivity contribution in [2.75, 3.05) is 14.2 Å². The minimum atomic E-state index is -0.277. The number of thioether (sulfide) groups is 1. The first-order valence-electron chi connectivity index (χ1n) is 3.18. The molecule has 0 rings (SSSR count). The normalized spacial score (nSPS) is 10.2. The third kappa shape index (κ3) is 3.45. The highest BCUT2D eigenvalue weighted by Crippen LogP contribution is 2.16. The maximum Gasteiger partial charge on any atom is 0.283 e. The van der Waals surface area contributed by atoms with Crippen molar-refractivity contribution in [3.63, 3.8) is 0 Å². The van der Waals surface area contributed by atoms with E-state index in [0.717, 1.165) is 16.8 Å². The summed E-state index contributed by atoms with van der Waals surface area (Å²) in [4.78, 5) is 16.2. The summed E-state index contributed by atoms with van der Waals surface area (Å²) in [7, 11) is 2.93. The Hall–Kier alpha value is -0.940. The average molecular weight is 188 g/mol. The second kappa shape index (κ2) is 5.68. The molecule has 4 nitrogen and oxygen atoms in total. The van der Waals surface area contributed by atoms with E-state index in [1.165, 1.54) is 20.4 Å². The Kier molecular flexibility index (Phi) is 5.23. The molecule has 0 aromatic heterocycles. The number of nitrogens with zero attached hydrogens (tertiary/aromatic N) is 1. The molecule has 0 aliphatic rings. The predicted octanol–water partition coefficient (Wildman–Crippen LogP) is 0.683. The minimum Gasteiger partial charge on any atom is -0.404 e. The fourth-order valence-corrected chi connectivity index (χ4v) is 0.903. The van der Waals surface area contributed by atoms with Crippen LogP contribution in [-0.4, -0.2) is 25.1 Å². The van der Waals surface area contributed by atoms with Gasteiger partial charge in [-0.25, -0.2) is 5.06 Å². The lowest BCUT2D eigenvalue weighted by molar-refractivity contribution is -0.163. The van der Waals surface area contributed by atoms with Gasteiger partial charge in [-0.3, -0.25) is 9.63 Å². The SMILES string of the molecule is C=C(S/C=C\N)C(=O)N(C)OC. The van der Waals surface area contributed by atoms with Crippen LogP contribution in [0.5, 0.6) is 0 Å². The van der Waals surface area contributed by atoms with Crippen LogP contribution in [-0.2, 0) is 9.63 Å². The Morgan fingerprint density at radius 3 is 2.75 bits per heavy atom. The molecule has 0 fully saturated rings. The Balaban J connectivity index is 4.02. The Labute approximate surface area is 76.0 Å². The van der Waals surface area contributed by atoms with E-state index in [2.05, 4.69) is 11.4 Å². The van der Waals surface area contributed by atoms with Crippen molar-refractivity contribution < 1.29 is 9.63 Å². The first-order valence-corrected chi connectivity index (χ1v) is 4.06. The summed E-state index contributed by atoms with van der Waals surface area (Å²) in [6.45, 7) is 3.55. The Morgan fingerprint density at radius 2 is 2.33 bits per heavy atom. The molecule has 0 saturated heterocycles. The molecule has 0 aliphatic heterocycles. The number of hydroxylamine groups is 2. The number of amides is 1. The van der Waals surface area contributed by atoms with Gasteiger partial charge in [0.25, 0.3) is 5.91 Å². The van der Waals surface area contributed by atoms with Crippen molar-refractivity contribution in [1.82, 2.24) is 5.06 Å². The molecule has 0 atom stereocenters. The lowest BCUT2D eigenvalue weighted by Gasteiger charge is -2.13. The summed E-state index contributed by atoms with van der Waals surface area (Å²) in [6.07, 6.45) is 1.34. The third-order valence-corrected chi connectivity index (χ3v) is 1.84. The molecule has 0 unspecified atom stereocenters. The molecular weight excluding hydrogens is 176 g/mol. The summed E-state index contributed by atoms with van der Waals surface area (Å²) in [5.74, 6) is -0.277. The molecule has 68 valence electrons. The summed E-state index contributed by atoms with van der Waals surface area (Å²) in [5.41, 5.74) is 5.09. The number of rotatable bonds is 4. The van der Waals surface area contributed by atoms with E-state index < -0.39 is 0 Å². The Morgan fingerprint density at radius 1 is 1.75 bits per heavy atom. The van der Waals surface area contributed by atoms with Gasteiger partial charge < -0.3 is 5.73 Å². The predicted molar refractivity (Wildman–Crippen MR) is 49.8 cm³/mol. The van der Waals surface area contributed by atoms with E-state index in [1.54, 1.807) is 5.41 Å². The van der Waals surface area contributed by atoms with E-state index in [-0.39, 0.29) is 5.91 Å². The van der Waals surface area contributed by atoms with Gasteiger partial charge in [-0.05, 0) is 5.41 Å². The van der Waals surface area contributed by atoms with Crippen molar-refractivity contribution in [1.29, 1.82) is 0 Å². The average Bonchev–Trinajstić information content (AvgIpc) is 2.11. The molecule has 0 aromatic rings. The highest BCUT2D eigenvalue weighted by atomic mass is 32.2. The number of carbonyl (C=O) groups is 1. The van der Waals surface area contributed by atoms with E-state index in [4.69, 9.17) is 5.73 Å². The fraction of sp³-hybridized carbons (Fsp3) is 0.286. The molecule has 5 heteroatoms. The van der Waals surface area contributed by atoms with Gasteiger partial charge in [-0.2, -0.15) is 0 Å². The van der Waals surface area contributed by atoms with Gasteiger partial charge in [-0.1, -0.05) is 18.3 Å². The number of hydrogen-bond acceptors (Lipinski definition) is 4. The maximum atomic E-state index is 11.2. The molecule has 12 heavy (non-hydrogen) atoms. The second-order valence-electron chi connectivity index (χ2n) is 1.85. The monoisotopic (exact) mass is 188 g/mol. The minimum absolute atomic E-state index is 0.277. The van der Waals surface area contributed by atoms with Crippen LogP contribution in [0.1, 0.15) is 0 Å². The van der Waals surface area contributed by atoms with Crippen LogP contribution in [0.3, 0.4) is 0 Å². The van der Waals surface area contributed by atoms with Crippen LogP contribution in [0.4, 0.5) is 0 Å². The summed E-state index contributed by atoms with van der Waals surface area (Å²) in [6, 6.07) is 0. The summed E-state index contributed by atoms with van der Waals surface area (Å²) in [5, 5.41) is 2.67. The molecule has 0 bridgehead atoms. The summed E-state index contributed by atoms with van der Waals surface area (Å²) >= 11 is 1.16. The highest BCUT2D eigenvalue weighted by Gasteiger charge is 2.11. The number of likely N-dealkylation sites (N-methyl/N-ethyl adjacent to an activating group) is 1. The lowest BCUT2D eigenvalue weighted by Crippen LogP contribution is -2.25. The molecule has 1 amide bonds. The zero-order valence-electron chi connectivity index (χ0n) is 7.11. The van der Waals surface area contributed by atoms with Crippen molar-refractivity contribution in [2.24, 2.45) is 5.73 Å². The van der Waals surface area contributed by atoms with E-state index in [1.807, 2.05) is 0 Å². The number of nitrogens with two attached hydrogens (primary N) is 1. The van der Waals surface area contributed by atoms with Crippen LogP contribution in [0.15, 0.2) is 23.1 Å². The first kappa shape index (κ1) is 11.1. The third-order valence-electron chi connectivity index (χ3n) is 1.09. The molecule has 0 heterocycles. The lowest BCUT2D eigenvalue weighted by atomic mass is 10.6. The van der Waals surface area contributed by atoms with Crippen molar-refractivity contribution in [2.45, 2.75) is 0 Å². The fourth-order valence-electron chi connectivity index (χ4n) is 0.430. The molecule has 0 aromatic carbocycles. The quantitative estimate of drug-likeness (QED) is 0.521. The van der Waals surface area contributed by atoms with Crippen molar-refractivity contribution in [3.05, 3.63) is 23.1 Å². The van der Waals surface area contributed by atoms with Gasteiger partial charge in [0.2, 0.25) is 0 Å². The second-order valence-corrected chi connectivity index (χ2v) is 2.86. The van der Waals surface area contributed by atoms with Gasteiger partial charge in [0, 0.05) is 13.2 Å². The topological polar surface area (TPSA) is 55.6 Å². The van der Waals surface area contributed by atoms with E-state index in [9.17, 15) is 4.79 Å². The van der Waals surface area contributed by atoms with Gasteiger partial charge >= 0.3 is 0 Å². The summed E-state index contributed by atoms with van der Waals surface area (Å²) < 4.78 is 0. The molecule has 0 saturated carbocycles. The van der Waals surface area contributed by atoms with Gasteiger partial charge in [0.1, 0.15) is 0 Å². The molecule has 2 N–H and O–H groups in total. The smallest absolute Gasteiger partial charge is 0.283 e. The number of carbonyl (C=O) groups excluding carboxylic acids is 1. The van der Waals surface area contributed by atoms with Gasteiger partial charge in [0.15, 0.2) is 0 Å². The van der Waals surface area contributed by atoms with E-state index in [0.29, 0.717) is 4.91 Å². The van der Waals surface area contributed by atoms with Crippen molar-refractivity contribution in [3.8, 4) is 0 Å². The van der Waals surface area contributed by atoms with Crippen LogP contribution in [0.2, 0.25) is 0 Å². The molecule has 0 aliphatic carbocycles. The Bertz CT molecular complexity index is 204. The van der Waals surface area contributed by atoms with Crippen LogP contribution in [0.25, 0.3) is 0 Å². The van der Waals surface area contributed by atoms with Crippen molar-refractivity contribution >= 4 is 17.7 Å². The standard InChI is InChI=1S/C7H12N2O2S/c1-6(12-5-4-8)7(10)9(2)11-3/h4-5H,1,8H2,2-3H3/b5-4-. The van der Waals surface area contributed by atoms with Crippen LogP contribution < -0.4 is 5.73 Å². The van der Waals surface area contributed by atoms with E-state index >= 15 is 0 Å². The highest BCUT2D eigenvalue weighted by molar-refractivity contribution is 8.06. The molecule has 0 radical (unpaired) electrons. The molecule has 0 spiro atoms. The largest absolute Gasteiger partial charge is 0.404 e. The molecular formula is C7H12N2O2S. The zero-order valence-corrected chi connectivity index (χ0v) is 7.93. The number of hydrogen-bond donors (Lipinski definition) is 1. The zero-order chi connectivity index (χ0) is 9.56.